The summed E-state index contributed by atoms with van der Waals surface area (Å²) in [5, 5.41) is 0.588. The van der Waals surface area contributed by atoms with Gasteiger partial charge in [-0.3, -0.25) is 0 Å². The second-order valence-electron chi connectivity index (χ2n) is 4.86. The second kappa shape index (κ2) is 7.76. The van der Waals surface area contributed by atoms with Crippen molar-refractivity contribution in [1.29, 1.82) is 0 Å². The van der Waals surface area contributed by atoms with Crippen molar-refractivity contribution in [2.75, 3.05) is 7.11 Å². The van der Waals surface area contributed by atoms with Crippen molar-refractivity contribution in [2.45, 2.75) is 31.9 Å². The number of rotatable bonds is 6. The number of fused-ring (bicyclic) bond motifs is 1. The summed E-state index contributed by atoms with van der Waals surface area (Å²) in [5.74, 6) is 0.346. The highest BCUT2D eigenvalue weighted by Crippen LogP contribution is 2.21. The molecule has 0 radical (unpaired) electrons. The van der Waals surface area contributed by atoms with Crippen LogP contribution < -0.4 is 4.74 Å². The van der Waals surface area contributed by atoms with Gasteiger partial charge in [-0.1, -0.05) is 29.3 Å². The van der Waals surface area contributed by atoms with E-state index in [0.29, 0.717) is 27.6 Å². The number of hydrogen-bond acceptors (Lipinski definition) is 5. The summed E-state index contributed by atoms with van der Waals surface area (Å²) in [5.41, 5.74) is 1.76. The Morgan fingerprint density at radius 3 is 2.86 bits per heavy atom. The fourth-order valence-corrected chi connectivity index (χ4v) is 2.99. The predicted octanol–water partition coefficient (Wildman–Crippen LogP) is 3.56. The van der Waals surface area contributed by atoms with Crippen molar-refractivity contribution in [3.8, 4) is 5.88 Å². The molecule has 0 aliphatic carbocycles. The molecule has 0 fully saturated rings. The van der Waals surface area contributed by atoms with Crippen molar-refractivity contribution >= 4 is 40.2 Å². The molecule has 2 rings (SSSR count). The monoisotopic (exact) mass is 339 g/mol. The highest BCUT2D eigenvalue weighted by atomic mass is 35.5. The highest BCUT2D eigenvalue weighted by Gasteiger charge is 2.16. The first-order valence-electron chi connectivity index (χ1n) is 7.01. The molecule has 0 bridgehead atoms. The summed E-state index contributed by atoms with van der Waals surface area (Å²) < 4.78 is 21.3. The SMILES string of the molecule is CCCC(C)[S+]([O-])N=Cc1nc2cc(Cl)ccc2nc1OC. The molecule has 0 saturated carbocycles. The van der Waals surface area contributed by atoms with E-state index in [9.17, 15) is 4.55 Å². The Morgan fingerprint density at radius 2 is 2.18 bits per heavy atom. The lowest BCUT2D eigenvalue weighted by Crippen LogP contribution is -2.15. The number of methoxy groups -OCH3 is 1. The number of benzene rings is 1. The number of hydrogen-bond donors (Lipinski definition) is 0. The Labute approximate surface area is 138 Å². The Morgan fingerprint density at radius 1 is 1.41 bits per heavy atom. The van der Waals surface area contributed by atoms with Crippen LogP contribution in [0.4, 0.5) is 0 Å². The van der Waals surface area contributed by atoms with E-state index < -0.39 is 11.4 Å². The Kier molecular flexibility index (Phi) is 5.99. The van der Waals surface area contributed by atoms with Gasteiger partial charge in [0.15, 0.2) is 0 Å². The predicted molar refractivity (Wildman–Crippen MR) is 91.2 cm³/mol. The van der Waals surface area contributed by atoms with E-state index in [4.69, 9.17) is 16.3 Å². The fourth-order valence-electron chi connectivity index (χ4n) is 1.97. The van der Waals surface area contributed by atoms with E-state index in [1.54, 1.807) is 18.2 Å². The first-order valence-corrected chi connectivity index (χ1v) is 8.56. The maximum absolute atomic E-state index is 12.0. The number of ether oxygens (including phenoxy) is 1. The lowest BCUT2D eigenvalue weighted by atomic mass is 10.3. The third-order valence-electron chi connectivity index (χ3n) is 3.13. The quantitative estimate of drug-likeness (QED) is 0.596. The van der Waals surface area contributed by atoms with Crippen molar-refractivity contribution in [3.63, 3.8) is 0 Å². The molecule has 1 aromatic heterocycles. The number of halogens is 1. The minimum atomic E-state index is -1.29. The third-order valence-corrected chi connectivity index (χ3v) is 4.60. The molecular formula is C15H18ClN3O2S. The summed E-state index contributed by atoms with van der Waals surface area (Å²) >= 11 is 4.67. The molecule has 2 aromatic rings. The van der Waals surface area contributed by atoms with E-state index in [1.807, 2.05) is 6.92 Å². The summed E-state index contributed by atoms with van der Waals surface area (Å²) in [6.45, 7) is 3.97. The standard InChI is InChI=1S/C15H18ClN3O2S/c1-4-5-10(2)22(20)17-9-14-15(21-3)19-12-7-6-11(16)8-13(12)18-14/h6-10H,4-5H2,1-3H3. The molecule has 5 nitrogen and oxygen atoms in total. The zero-order valence-corrected chi connectivity index (χ0v) is 14.3. The van der Waals surface area contributed by atoms with E-state index in [0.717, 1.165) is 12.8 Å². The zero-order valence-electron chi connectivity index (χ0n) is 12.7. The van der Waals surface area contributed by atoms with Gasteiger partial charge in [0.25, 0.3) is 0 Å². The van der Waals surface area contributed by atoms with E-state index >= 15 is 0 Å². The first-order chi connectivity index (χ1) is 10.5. The van der Waals surface area contributed by atoms with Gasteiger partial charge >= 0.3 is 0 Å². The van der Waals surface area contributed by atoms with E-state index in [-0.39, 0.29) is 5.25 Å². The van der Waals surface area contributed by atoms with Gasteiger partial charge in [0.05, 0.1) is 29.5 Å². The molecule has 0 N–H and O–H groups in total. The molecule has 118 valence electrons. The van der Waals surface area contributed by atoms with Gasteiger partial charge in [-0.2, -0.15) is 0 Å². The van der Waals surface area contributed by atoms with Crippen LogP contribution in [0.25, 0.3) is 11.0 Å². The molecule has 0 spiro atoms. The molecular weight excluding hydrogens is 322 g/mol. The molecule has 22 heavy (non-hydrogen) atoms. The molecule has 0 aliphatic heterocycles. The van der Waals surface area contributed by atoms with Crippen LogP contribution in [0.2, 0.25) is 5.02 Å². The summed E-state index contributed by atoms with van der Waals surface area (Å²) in [7, 11) is 1.51. The van der Waals surface area contributed by atoms with Crippen LogP contribution in [0.5, 0.6) is 5.88 Å². The van der Waals surface area contributed by atoms with Crippen LogP contribution in [0, 0.1) is 0 Å². The molecule has 0 saturated heterocycles. The van der Waals surface area contributed by atoms with Gasteiger partial charge in [-0.25, -0.2) is 9.97 Å². The normalized spacial score (nSPS) is 14.4. The van der Waals surface area contributed by atoms with Crippen LogP contribution >= 0.6 is 11.6 Å². The molecule has 2 unspecified atom stereocenters. The van der Waals surface area contributed by atoms with Gasteiger partial charge < -0.3 is 9.29 Å². The van der Waals surface area contributed by atoms with Crippen molar-refractivity contribution in [3.05, 3.63) is 28.9 Å². The Bertz CT molecular complexity index is 681. The molecule has 0 amide bonds. The molecule has 2 atom stereocenters. The van der Waals surface area contributed by atoms with Gasteiger partial charge in [0.2, 0.25) is 5.88 Å². The maximum atomic E-state index is 12.0. The zero-order chi connectivity index (χ0) is 16.1. The minimum Gasteiger partial charge on any atom is -0.591 e. The molecule has 1 heterocycles. The highest BCUT2D eigenvalue weighted by molar-refractivity contribution is 7.90. The lowest BCUT2D eigenvalue weighted by Gasteiger charge is -2.10. The van der Waals surface area contributed by atoms with Crippen LogP contribution in [0.1, 0.15) is 32.4 Å². The third kappa shape index (κ3) is 4.09. The summed E-state index contributed by atoms with van der Waals surface area (Å²) in [6.07, 6.45) is 3.29. The molecule has 0 aliphatic rings. The van der Waals surface area contributed by atoms with Crippen LogP contribution in [0.15, 0.2) is 22.6 Å². The molecule has 7 heteroatoms. The van der Waals surface area contributed by atoms with Crippen LogP contribution in [-0.2, 0) is 11.4 Å². The average molecular weight is 340 g/mol. The van der Waals surface area contributed by atoms with Crippen LogP contribution in [0.3, 0.4) is 0 Å². The van der Waals surface area contributed by atoms with E-state index in [1.165, 1.54) is 13.3 Å². The maximum Gasteiger partial charge on any atom is 0.242 e. The topological polar surface area (TPSA) is 70.4 Å². The van der Waals surface area contributed by atoms with Gasteiger partial charge in [0, 0.05) is 5.02 Å². The van der Waals surface area contributed by atoms with Gasteiger partial charge in [-0.15, -0.1) is 0 Å². The first kappa shape index (κ1) is 17.0. The fraction of sp³-hybridized carbons (Fsp3) is 0.400. The Balaban J connectivity index is 2.32. The van der Waals surface area contributed by atoms with Gasteiger partial charge in [-0.05, 0) is 31.5 Å². The Hall–Kier alpha value is -1.37. The molecule has 1 aromatic carbocycles. The lowest BCUT2D eigenvalue weighted by molar-refractivity contribution is 0.397. The number of nitrogens with zero attached hydrogens (tertiary/aromatic N) is 3. The van der Waals surface area contributed by atoms with Crippen molar-refractivity contribution in [1.82, 2.24) is 9.97 Å². The summed E-state index contributed by atoms with van der Waals surface area (Å²) in [4.78, 5) is 8.79. The minimum absolute atomic E-state index is 0.00936. The average Bonchev–Trinajstić information content (AvgIpc) is 2.51. The smallest absolute Gasteiger partial charge is 0.242 e. The van der Waals surface area contributed by atoms with E-state index in [2.05, 4.69) is 21.3 Å². The second-order valence-corrected chi connectivity index (χ2v) is 6.87. The van der Waals surface area contributed by atoms with Crippen molar-refractivity contribution in [2.24, 2.45) is 4.40 Å². The van der Waals surface area contributed by atoms with Gasteiger partial charge in [0.1, 0.15) is 17.2 Å². The van der Waals surface area contributed by atoms with Crippen LogP contribution in [-0.4, -0.2) is 33.1 Å². The largest absolute Gasteiger partial charge is 0.591 e. The summed E-state index contributed by atoms with van der Waals surface area (Å²) in [6, 6.07) is 5.24. The number of aromatic nitrogens is 2. The van der Waals surface area contributed by atoms with Crippen molar-refractivity contribution < 1.29 is 9.29 Å².